The molecule has 0 aromatic carbocycles. The Morgan fingerprint density at radius 1 is 1.52 bits per heavy atom. The number of carboxylic acid groups (broad SMARTS) is 1. The molecular formula is C18H22N4O5. The third-order valence-electron chi connectivity index (χ3n) is 4.95. The SMILES string of the molecule is C[C@@]1(COC(=O)NCCN)CC2/C(=C\c3ccccn3)C(=O)N2[C@H]1C(=O)O. The molecule has 2 aliphatic heterocycles. The van der Waals surface area contributed by atoms with Gasteiger partial charge in [-0.05, 0) is 24.6 Å². The van der Waals surface area contributed by atoms with Crippen molar-refractivity contribution in [3.8, 4) is 0 Å². The van der Waals surface area contributed by atoms with Crippen LogP contribution in [0.15, 0.2) is 30.0 Å². The summed E-state index contributed by atoms with van der Waals surface area (Å²) in [6, 6.07) is 3.97. The van der Waals surface area contributed by atoms with E-state index in [0.29, 0.717) is 17.7 Å². The zero-order valence-electron chi connectivity index (χ0n) is 14.9. The van der Waals surface area contributed by atoms with Gasteiger partial charge in [-0.3, -0.25) is 9.78 Å². The molecule has 2 amide bonds. The average Bonchev–Trinajstić information content (AvgIpc) is 2.94. The largest absolute Gasteiger partial charge is 0.480 e. The monoisotopic (exact) mass is 374 g/mol. The van der Waals surface area contributed by atoms with Crippen LogP contribution in [0, 0.1) is 5.41 Å². The van der Waals surface area contributed by atoms with E-state index in [2.05, 4.69) is 10.3 Å². The van der Waals surface area contributed by atoms with Crippen LogP contribution in [0.4, 0.5) is 4.79 Å². The topological polar surface area (TPSA) is 135 Å². The van der Waals surface area contributed by atoms with Crippen molar-refractivity contribution in [2.75, 3.05) is 19.7 Å². The van der Waals surface area contributed by atoms with Gasteiger partial charge in [-0.25, -0.2) is 9.59 Å². The zero-order valence-corrected chi connectivity index (χ0v) is 14.9. The lowest BCUT2D eigenvalue weighted by atomic mass is 9.81. The van der Waals surface area contributed by atoms with E-state index in [4.69, 9.17) is 10.5 Å². The van der Waals surface area contributed by atoms with E-state index >= 15 is 0 Å². The van der Waals surface area contributed by atoms with Gasteiger partial charge in [0.25, 0.3) is 5.91 Å². The first-order chi connectivity index (χ1) is 12.9. The van der Waals surface area contributed by atoms with Crippen LogP contribution in [-0.4, -0.2) is 64.7 Å². The quantitative estimate of drug-likeness (QED) is 0.479. The molecule has 1 aromatic rings. The number of hydrogen-bond donors (Lipinski definition) is 3. The summed E-state index contributed by atoms with van der Waals surface area (Å²) in [7, 11) is 0. The van der Waals surface area contributed by atoms with Crippen LogP contribution in [0.5, 0.6) is 0 Å². The highest BCUT2D eigenvalue weighted by Gasteiger charge is 2.62. The number of nitrogens with two attached hydrogens (primary N) is 1. The van der Waals surface area contributed by atoms with Crippen molar-refractivity contribution in [2.24, 2.45) is 11.1 Å². The number of pyridine rings is 1. The standard InChI is InChI=1S/C18H22N4O5/c1-18(10-27-17(26)21-7-5-19)9-13-12(8-11-4-2-3-6-20-11)15(23)22(13)14(18)16(24)25/h2-4,6,8,13-14H,5,7,9-10,19H2,1H3,(H,21,26)(H,24,25)/b12-8+/t13?,14-,18-/m0/s1. The predicted molar refractivity (Wildman–Crippen MR) is 95.4 cm³/mol. The molecule has 27 heavy (non-hydrogen) atoms. The Morgan fingerprint density at radius 2 is 2.30 bits per heavy atom. The fraction of sp³-hybridized carbons (Fsp3) is 0.444. The summed E-state index contributed by atoms with van der Waals surface area (Å²) in [5.41, 5.74) is 5.58. The number of carboxylic acids is 1. The minimum absolute atomic E-state index is 0.114. The maximum atomic E-state index is 12.6. The number of fused-ring (bicyclic) bond motifs is 1. The molecule has 144 valence electrons. The lowest BCUT2D eigenvalue weighted by Crippen LogP contribution is -2.58. The zero-order chi connectivity index (χ0) is 19.6. The van der Waals surface area contributed by atoms with Gasteiger partial charge in [0, 0.05) is 30.3 Å². The van der Waals surface area contributed by atoms with Crippen molar-refractivity contribution in [3.63, 3.8) is 0 Å². The first-order valence-electron chi connectivity index (χ1n) is 8.66. The summed E-state index contributed by atoms with van der Waals surface area (Å²) in [5.74, 6) is -1.44. The Morgan fingerprint density at radius 3 is 2.93 bits per heavy atom. The average molecular weight is 374 g/mol. The number of ether oxygens (including phenoxy) is 1. The van der Waals surface area contributed by atoms with E-state index in [9.17, 15) is 19.5 Å². The van der Waals surface area contributed by atoms with Crippen LogP contribution < -0.4 is 11.1 Å². The van der Waals surface area contributed by atoms with Gasteiger partial charge in [-0.2, -0.15) is 0 Å². The second kappa shape index (κ2) is 7.36. The van der Waals surface area contributed by atoms with E-state index in [0.717, 1.165) is 0 Å². The molecule has 3 rings (SSSR count). The maximum absolute atomic E-state index is 12.6. The summed E-state index contributed by atoms with van der Waals surface area (Å²) in [4.78, 5) is 41.6. The Kier molecular flexibility index (Phi) is 5.13. The number of nitrogens with zero attached hydrogens (tertiary/aromatic N) is 2. The van der Waals surface area contributed by atoms with Crippen LogP contribution in [0.1, 0.15) is 19.0 Å². The number of hydrogen-bond acceptors (Lipinski definition) is 6. The van der Waals surface area contributed by atoms with Gasteiger partial charge in [0.1, 0.15) is 12.6 Å². The Bertz CT molecular complexity index is 781. The molecule has 2 saturated heterocycles. The van der Waals surface area contributed by atoms with Crippen LogP contribution in [0.3, 0.4) is 0 Å². The number of carbonyl (C=O) groups excluding carboxylic acids is 2. The maximum Gasteiger partial charge on any atom is 0.407 e. The summed E-state index contributed by atoms with van der Waals surface area (Å²) in [5, 5.41) is 12.1. The van der Waals surface area contributed by atoms with Crippen molar-refractivity contribution >= 4 is 24.0 Å². The normalized spacial score (nSPS) is 27.9. The van der Waals surface area contributed by atoms with E-state index in [1.807, 2.05) is 6.07 Å². The third-order valence-corrected chi connectivity index (χ3v) is 4.95. The van der Waals surface area contributed by atoms with Crippen LogP contribution in [0.2, 0.25) is 0 Å². The predicted octanol–water partition coefficient (Wildman–Crippen LogP) is 0.224. The highest BCUT2D eigenvalue weighted by molar-refractivity contribution is 6.08. The molecule has 2 aliphatic rings. The van der Waals surface area contributed by atoms with Crippen molar-refractivity contribution in [1.82, 2.24) is 15.2 Å². The lowest BCUT2D eigenvalue weighted by molar-refractivity contribution is -0.155. The second-order valence-electron chi connectivity index (χ2n) is 6.97. The van der Waals surface area contributed by atoms with Crippen LogP contribution >= 0.6 is 0 Å². The molecular weight excluding hydrogens is 352 g/mol. The molecule has 2 fully saturated rings. The smallest absolute Gasteiger partial charge is 0.407 e. The first-order valence-corrected chi connectivity index (χ1v) is 8.66. The molecule has 1 aromatic heterocycles. The molecule has 0 aliphatic carbocycles. The van der Waals surface area contributed by atoms with Gasteiger partial charge in [0.2, 0.25) is 0 Å². The fourth-order valence-electron chi connectivity index (χ4n) is 3.70. The van der Waals surface area contributed by atoms with E-state index in [-0.39, 0.29) is 31.6 Å². The summed E-state index contributed by atoms with van der Waals surface area (Å²) >= 11 is 0. The van der Waals surface area contributed by atoms with Crippen molar-refractivity contribution in [2.45, 2.75) is 25.4 Å². The van der Waals surface area contributed by atoms with Crippen LogP contribution in [0.25, 0.3) is 6.08 Å². The molecule has 3 heterocycles. The van der Waals surface area contributed by atoms with Crippen molar-refractivity contribution in [1.29, 1.82) is 0 Å². The molecule has 1 unspecified atom stereocenters. The Balaban J connectivity index is 1.77. The highest BCUT2D eigenvalue weighted by Crippen LogP contribution is 2.49. The van der Waals surface area contributed by atoms with Crippen molar-refractivity contribution < 1.29 is 24.2 Å². The van der Waals surface area contributed by atoms with Gasteiger partial charge in [0.05, 0.1) is 11.7 Å². The van der Waals surface area contributed by atoms with E-state index < -0.39 is 23.5 Å². The van der Waals surface area contributed by atoms with Crippen molar-refractivity contribution in [3.05, 3.63) is 35.7 Å². The molecule has 0 bridgehead atoms. The molecule has 3 atom stereocenters. The third kappa shape index (κ3) is 3.50. The van der Waals surface area contributed by atoms with Gasteiger partial charge >= 0.3 is 12.1 Å². The number of rotatable bonds is 6. The van der Waals surface area contributed by atoms with Crippen LogP contribution in [-0.2, 0) is 14.3 Å². The minimum atomic E-state index is -1.11. The number of aromatic nitrogens is 1. The summed E-state index contributed by atoms with van der Waals surface area (Å²) in [6.45, 7) is 2.14. The van der Waals surface area contributed by atoms with E-state index in [1.165, 1.54) is 4.90 Å². The first kappa shape index (κ1) is 18.8. The van der Waals surface area contributed by atoms with Gasteiger partial charge in [0.15, 0.2) is 0 Å². The number of aliphatic carboxylic acids is 1. The van der Waals surface area contributed by atoms with Gasteiger partial charge < -0.3 is 25.8 Å². The Hall–Kier alpha value is -2.94. The van der Waals surface area contributed by atoms with Gasteiger partial charge in [-0.1, -0.05) is 13.0 Å². The fourth-order valence-corrected chi connectivity index (χ4v) is 3.70. The van der Waals surface area contributed by atoms with Gasteiger partial charge in [-0.15, -0.1) is 0 Å². The highest BCUT2D eigenvalue weighted by atomic mass is 16.5. The molecule has 9 heteroatoms. The number of β-lactam (4-membered cyclic amide) rings is 1. The number of nitrogens with one attached hydrogen (secondary N) is 1. The summed E-state index contributed by atoms with van der Waals surface area (Å²) < 4.78 is 5.19. The Labute approximate surface area is 156 Å². The molecule has 0 saturated carbocycles. The second-order valence-corrected chi connectivity index (χ2v) is 6.97. The number of carbonyl (C=O) groups is 3. The lowest BCUT2D eigenvalue weighted by Gasteiger charge is -2.40. The molecule has 0 spiro atoms. The molecule has 4 N–H and O–H groups in total. The van der Waals surface area contributed by atoms with E-state index in [1.54, 1.807) is 31.3 Å². The molecule has 9 nitrogen and oxygen atoms in total. The number of alkyl carbamates (subject to hydrolysis) is 1. The molecule has 0 radical (unpaired) electrons. The summed E-state index contributed by atoms with van der Waals surface area (Å²) in [6.07, 6.45) is 3.04. The number of amides is 2. The minimum Gasteiger partial charge on any atom is -0.480 e.